The second-order valence-corrected chi connectivity index (χ2v) is 8.77. The second kappa shape index (κ2) is 8.84. The molecule has 0 radical (unpaired) electrons. The lowest BCUT2D eigenvalue weighted by Gasteiger charge is -2.23. The number of amides is 1. The van der Waals surface area contributed by atoms with E-state index in [0.29, 0.717) is 32.8 Å². The van der Waals surface area contributed by atoms with Gasteiger partial charge in [-0.05, 0) is 35.9 Å². The molecular weight excluding hydrogens is 471 g/mol. The predicted octanol–water partition coefficient (Wildman–Crippen LogP) is 5.08. The maximum Gasteiger partial charge on any atom is 0.301 e. The topological polar surface area (TPSA) is 89.0 Å². The lowest BCUT2D eigenvalue weighted by molar-refractivity contribution is -0.132. The van der Waals surface area contributed by atoms with Crippen molar-refractivity contribution in [2.24, 2.45) is 0 Å². The molecule has 2 heterocycles. The fraction of sp³-hybridized carbons (Fsp3) is 0.115. The maximum atomic E-state index is 13.8. The van der Waals surface area contributed by atoms with Crippen LogP contribution < -0.4 is 14.4 Å². The zero-order chi connectivity index (χ0) is 24.7. The average molecular weight is 491 g/mol. The zero-order valence-corrected chi connectivity index (χ0v) is 19.5. The van der Waals surface area contributed by atoms with Gasteiger partial charge in [0, 0.05) is 5.56 Å². The molecule has 1 aliphatic rings. The Morgan fingerprint density at radius 3 is 2.46 bits per heavy atom. The number of hydrogen-bond donors (Lipinski definition) is 1. The van der Waals surface area contributed by atoms with Gasteiger partial charge in [0.1, 0.15) is 11.6 Å². The van der Waals surface area contributed by atoms with Gasteiger partial charge in [-0.3, -0.25) is 14.5 Å². The molecule has 9 heteroatoms. The predicted molar refractivity (Wildman–Crippen MR) is 130 cm³/mol. The first kappa shape index (κ1) is 22.5. The molecule has 0 bridgehead atoms. The number of methoxy groups -OCH3 is 2. The van der Waals surface area contributed by atoms with Gasteiger partial charge in [0.2, 0.25) is 0 Å². The minimum Gasteiger partial charge on any atom is -0.507 e. The Labute approximate surface area is 203 Å². The van der Waals surface area contributed by atoms with Crippen molar-refractivity contribution in [2.75, 3.05) is 19.1 Å². The average Bonchev–Trinajstić information content (AvgIpc) is 3.41. The van der Waals surface area contributed by atoms with Crippen LogP contribution in [0.15, 0.2) is 72.3 Å². The third-order valence-electron chi connectivity index (χ3n) is 5.76. The van der Waals surface area contributed by atoms with E-state index in [9.17, 15) is 19.1 Å². The number of aliphatic hydroxyl groups is 1. The summed E-state index contributed by atoms with van der Waals surface area (Å²) in [6.45, 7) is 0. The molecule has 0 saturated carbocycles. The normalized spacial score (nSPS) is 17.2. The van der Waals surface area contributed by atoms with Crippen LogP contribution in [0.2, 0.25) is 0 Å². The molecule has 4 aromatic rings. The molecule has 0 aliphatic carbocycles. The highest BCUT2D eigenvalue weighted by atomic mass is 32.1. The zero-order valence-electron chi connectivity index (χ0n) is 18.7. The first-order chi connectivity index (χ1) is 16.9. The van der Waals surface area contributed by atoms with Crippen molar-refractivity contribution >= 4 is 44.1 Å². The molecule has 5 rings (SSSR count). The van der Waals surface area contributed by atoms with Crippen LogP contribution in [0.1, 0.15) is 17.2 Å². The third-order valence-corrected chi connectivity index (χ3v) is 6.78. The molecule has 3 aromatic carbocycles. The van der Waals surface area contributed by atoms with E-state index in [2.05, 4.69) is 4.98 Å². The summed E-state index contributed by atoms with van der Waals surface area (Å²) in [5, 5.41) is 11.4. The summed E-state index contributed by atoms with van der Waals surface area (Å²) in [7, 11) is 2.98. The highest BCUT2D eigenvalue weighted by molar-refractivity contribution is 7.22. The van der Waals surface area contributed by atoms with E-state index in [1.54, 1.807) is 48.5 Å². The minimum absolute atomic E-state index is 0.0844. The van der Waals surface area contributed by atoms with Crippen molar-refractivity contribution in [3.8, 4) is 11.5 Å². The molecule has 1 amide bonds. The van der Waals surface area contributed by atoms with Gasteiger partial charge in [-0.25, -0.2) is 9.37 Å². The molecule has 0 unspecified atom stereocenters. The van der Waals surface area contributed by atoms with Crippen molar-refractivity contribution in [2.45, 2.75) is 6.04 Å². The maximum absolute atomic E-state index is 13.8. The third kappa shape index (κ3) is 3.79. The van der Waals surface area contributed by atoms with E-state index in [4.69, 9.17) is 9.47 Å². The summed E-state index contributed by atoms with van der Waals surface area (Å²) in [6, 6.07) is 16.6. The quantitative estimate of drug-likeness (QED) is 0.239. The van der Waals surface area contributed by atoms with E-state index < -0.39 is 23.5 Å². The van der Waals surface area contributed by atoms with Crippen LogP contribution >= 0.6 is 11.3 Å². The first-order valence-corrected chi connectivity index (χ1v) is 11.4. The summed E-state index contributed by atoms with van der Waals surface area (Å²) >= 11 is 1.08. The van der Waals surface area contributed by atoms with Crippen LogP contribution in [0.3, 0.4) is 0 Å². The van der Waals surface area contributed by atoms with Crippen LogP contribution in [-0.4, -0.2) is 36.0 Å². The highest BCUT2D eigenvalue weighted by Crippen LogP contribution is 2.45. The molecule has 1 atom stereocenters. The number of rotatable bonds is 5. The summed E-state index contributed by atoms with van der Waals surface area (Å²) < 4.78 is 25.1. The first-order valence-electron chi connectivity index (χ1n) is 10.6. The van der Waals surface area contributed by atoms with Crippen LogP contribution in [0.5, 0.6) is 11.5 Å². The van der Waals surface area contributed by atoms with Gasteiger partial charge in [-0.15, -0.1) is 0 Å². The summed E-state index contributed by atoms with van der Waals surface area (Å²) in [6.07, 6.45) is 0. The summed E-state index contributed by atoms with van der Waals surface area (Å²) in [4.78, 5) is 32.3. The number of nitrogens with zero attached hydrogens (tertiary/aromatic N) is 2. The van der Waals surface area contributed by atoms with Crippen LogP contribution in [0.25, 0.3) is 16.0 Å². The molecule has 35 heavy (non-hydrogen) atoms. The van der Waals surface area contributed by atoms with Crippen molar-refractivity contribution in [1.29, 1.82) is 0 Å². The molecular formula is C26H19FN2O5S. The van der Waals surface area contributed by atoms with Crippen molar-refractivity contribution in [3.63, 3.8) is 0 Å². The molecule has 7 nitrogen and oxygen atoms in total. The number of benzene rings is 3. The van der Waals surface area contributed by atoms with Crippen molar-refractivity contribution in [3.05, 3.63) is 89.2 Å². The summed E-state index contributed by atoms with van der Waals surface area (Å²) in [5.74, 6) is -1.58. The largest absolute Gasteiger partial charge is 0.507 e. The van der Waals surface area contributed by atoms with Gasteiger partial charge in [-0.1, -0.05) is 47.7 Å². The van der Waals surface area contributed by atoms with Gasteiger partial charge in [0.05, 0.1) is 36.1 Å². The van der Waals surface area contributed by atoms with E-state index >= 15 is 0 Å². The fourth-order valence-corrected chi connectivity index (χ4v) is 5.13. The van der Waals surface area contributed by atoms with Crippen molar-refractivity contribution < 1.29 is 28.6 Å². The summed E-state index contributed by atoms with van der Waals surface area (Å²) in [5.41, 5.74) is 1.30. The van der Waals surface area contributed by atoms with Gasteiger partial charge >= 0.3 is 5.91 Å². The number of Topliss-reactive ketones (excluding diaryl/α,β-unsaturated/α-hetero) is 1. The molecule has 0 spiro atoms. The standard InChI is InChI=1S/C26H19FN2O5S/c1-33-18-11-8-15(12-19(18)34-2)22-21(23(30)14-6-4-3-5-7-14)24(31)25(32)29(22)26-28-17-10-9-16(27)13-20(17)35-26/h3-13,22,30H,1-2H3/t22-/m1/s1. The number of ketones is 1. The van der Waals surface area contributed by atoms with Crippen LogP contribution in [-0.2, 0) is 9.59 Å². The number of thiazole rings is 1. The van der Waals surface area contributed by atoms with Gasteiger partial charge in [0.25, 0.3) is 5.78 Å². The van der Waals surface area contributed by atoms with Gasteiger partial charge in [0.15, 0.2) is 16.6 Å². The lowest BCUT2D eigenvalue weighted by Crippen LogP contribution is -2.29. The Bertz CT molecular complexity index is 1500. The number of hydrogen-bond acceptors (Lipinski definition) is 7. The Morgan fingerprint density at radius 2 is 1.74 bits per heavy atom. The molecule has 1 N–H and O–H groups in total. The molecule has 1 aliphatic heterocycles. The van der Waals surface area contributed by atoms with Crippen molar-refractivity contribution in [1.82, 2.24) is 4.98 Å². The molecule has 176 valence electrons. The fourth-order valence-electron chi connectivity index (χ4n) is 4.11. The Balaban J connectivity index is 1.75. The second-order valence-electron chi connectivity index (χ2n) is 7.76. The molecule has 1 saturated heterocycles. The smallest absolute Gasteiger partial charge is 0.301 e. The number of carbonyl (C=O) groups excluding carboxylic acids is 2. The Morgan fingerprint density at radius 1 is 1.00 bits per heavy atom. The number of halogens is 1. The number of aliphatic hydroxyl groups excluding tert-OH is 1. The number of carbonyl (C=O) groups is 2. The number of ether oxygens (including phenoxy) is 2. The Hall–Kier alpha value is -4.24. The van der Waals surface area contributed by atoms with E-state index in [0.717, 1.165) is 11.3 Å². The monoisotopic (exact) mass is 490 g/mol. The van der Waals surface area contributed by atoms with E-state index in [1.807, 2.05) is 0 Å². The SMILES string of the molecule is COc1ccc([C@@H]2C(=C(O)c3ccccc3)C(=O)C(=O)N2c2nc3ccc(F)cc3s2)cc1OC. The van der Waals surface area contributed by atoms with Gasteiger partial charge in [-0.2, -0.15) is 0 Å². The molecule has 1 aromatic heterocycles. The van der Waals surface area contributed by atoms with E-state index in [1.165, 1.54) is 37.3 Å². The number of aromatic nitrogens is 1. The van der Waals surface area contributed by atoms with Gasteiger partial charge < -0.3 is 14.6 Å². The number of fused-ring (bicyclic) bond motifs is 1. The van der Waals surface area contributed by atoms with Crippen LogP contribution in [0, 0.1) is 5.82 Å². The highest BCUT2D eigenvalue weighted by Gasteiger charge is 2.48. The molecule has 1 fully saturated rings. The van der Waals surface area contributed by atoms with E-state index in [-0.39, 0.29) is 16.5 Å². The lowest BCUT2D eigenvalue weighted by atomic mass is 9.95. The number of anilines is 1. The minimum atomic E-state index is -1.000. The van der Waals surface area contributed by atoms with Crippen LogP contribution in [0.4, 0.5) is 9.52 Å². The Kier molecular flexibility index (Phi) is 5.70.